The Bertz CT molecular complexity index is 974. The third-order valence-corrected chi connectivity index (χ3v) is 6.14. The molecule has 158 valence electrons. The smallest absolute Gasteiger partial charge is 0.360 e. The zero-order valence-corrected chi connectivity index (χ0v) is 17.5. The Morgan fingerprint density at radius 2 is 1.63 bits per heavy atom. The van der Waals surface area contributed by atoms with Crippen LogP contribution in [0.5, 0.6) is 0 Å². The average Bonchev–Trinajstić information content (AvgIpc) is 3.01. The monoisotopic (exact) mass is 482 g/mol. The van der Waals surface area contributed by atoms with Crippen molar-refractivity contribution in [1.82, 2.24) is 0 Å². The molecular weight excluding hydrogens is 463 g/mol. The first kappa shape index (κ1) is 20.9. The van der Waals surface area contributed by atoms with Crippen LogP contribution in [0.15, 0.2) is 53.0 Å². The number of hydrogen-bond acceptors (Lipinski definition) is 3. The van der Waals surface area contributed by atoms with Gasteiger partial charge in [0.15, 0.2) is 6.04 Å². The van der Waals surface area contributed by atoms with Crippen LogP contribution in [0.4, 0.5) is 24.5 Å². The van der Waals surface area contributed by atoms with Gasteiger partial charge in [0.2, 0.25) is 5.91 Å². The molecule has 2 heterocycles. The quantitative estimate of drug-likeness (QED) is 0.683. The minimum absolute atomic E-state index is 0.143. The molecule has 0 unspecified atom stereocenters. The number of hydrogen-bond donors (Lipinski definition) is 1. The van der Waals surface area contributed by atoms with Crippen LogP contribution in [0, 0.1) is 0 Å². The normalized spacial score (nSPS) is 20.9. The molecule has 0 spiro atoms. The Kier molecular flexibility index (Phi) is 5.59. The van der Waals surface area contributed by atoms with Crippen LogP contribution in [0.2, 0.25) is 0 Å². The van der Waals surface area contributed by atoms with Crippen LogP contribution >= 0.6 is 15.9 Å². The summed E-state index contributed by atoms with van der Waals surface area (Å²) in [5.74, 6) is -0.448. The highest BCUT2D eigenvalue weighted by atomic mass is 79.9. The van der Waals surface area contributed by atoms with E-state index in [1.165, 1.54) is 11.0 Å². The minimum Gasteiger partial charge on any atom is -0.360 e. The number of imide groups is 1. The molecule has 0 bridgehead atoms. The van der Waals surface area contributed by atoms with Crippen molar-refractivity contribution in [3.05, 3.63) is 58.6 Å². The van der Waals surface area contributed by atoms with Gasteiger partial charge in [0.1, 0.15) is 0 Å². The predicted octanol–water partition coefficient (Wildman–Crippen LogP) is 2.50. The number of nitrogens with one attached hydrogen (secondary N) is 1. The second-order valence-electron chi connectivity index (χ2n) is 7.50. The lowest BCUT2D eigenvalue weighted by Gasteiger charge is -2.35. The van der Waals surface area contributed by atoms with Gasteiger partial charge in [-0.2, -0.15) is 13.2 Å². The van der Waals surface area contributed by atoms with Gasteiger partial charge in [-0.1, -0.05) is 28.1 Å². The SMILES string of the molecule is O=C1C[C@H]([NH+]2CCN(c3cccc(C(F)(F)F)c3)CC2)C(=O)N1c1cccc(Br)c1. The molecule has 0 aliphatic carbocycles. The Morgan fingerprint density at radius 1 is 0.967 bits per heavy atom. The number of carbonyl (C=O) groups is 2. The van der Waals surface area contributed by atoms with Gasteiger partial charge in [0.25, 0.3) is 5.91 Å². The number of benzene rings is 2. The van der Waals surface area contributed by atoms with E-state index in [9.17, 15) is 22.8 Å². The van der Waals surface area contributed by atoms with Gasteiger partial charge >= 0.3 is 6.18 Å². The summed E-state index contributed by atoms with van der Waals surface area (Å²) in [6.07, 6.45) is -4.24. The van der Waals surface area contributed by atoms with Gasteiger partial charge in [-0.25, -0.2) is 4.90 Å². The molecule has 2 aromatic rings. The summed E-state index contributed by atoms with van der Waals surface area (Å²) < 4.78 is 39.7. The summed E-state index contributed by atoms with van der Waals surface area (Å²) in [5.41, 5.74) is 0.397. The number of amides is 2. The Labute approximate surface area is 180 Å². The van der Waals surface area contributed by atoms with Crippen molar-refractivity contribution >= 4 is 39.1 Å². The molecule has 2 aliphatic rings. The highest BCUT2D eigenvalue weighted by Gasteiger charge is 2.46. The van der Waals surface area contributed by atoms with E-state index in [4.69, 9.17) is 0 Å². The van der Waals surface area contributed by atoms with Crippen molar-refractivity contribution in [2.45, 2.75) is 18.6 Å². The maximum Gasteiger partial charge on any atom is 0.416 e. The summed E-state index contributed by atoms with van der Waals surface area (Å²) in [6, 6.07) is 11.9. The first-order chi connectivity index (χ1) is 14.2. The number of nitrogens with zero attached hydrogens (tertiary/aromatic N) is 2. The zero-order valence-electron chi connectivity index (χ0n) is 16.0. The topological polar surface area (TPSA) is 45.1 Å². The molecular formula is C21H20BrF3N3O2+. The van der Waals surface area contributed by atoms with Crippen LogP contribution < -0.4 is 14.7 Å². The van der Waals surface area contributed by atoms with E-state index in [1.807, 2.05) is 11.0 Å². The molecule has 9 heteroatoms. The fraction of sp³-hybridized carbons (Fsp3) is 0.333. The highest BCUT2D eigenvalue weighted by Crippen LogP contribution is 2.31. The number of rotatable bonds is 3. The summed E-state index contributed by atoms with van der Waals surface area (Å²) >= 11 is 3.36. The molecule has 2 fully saturated rings. The number of alkyl halides is 3. The number of piperazine rings is 1. The summed E-state index contributed by atoms with van der Waals surface area (Å²) in [4.78, 5) is 29.6. The van der Waals surface area contributed by atoms with E-state index >= 15 is 0 Å². The zero-order chi connectivity index (χ0) is 21.5. The van der Waals surface area contributed by atoms with Crippen molar-refractivity contribution < 1.29 is 27.7 Å². The Balaban J connectivity index is 1.44. The van der Waals surface area contributed by atoms with Crippen molar-refractivity contribution in [3.63, 3.8) is 0 Å². The van der Waals surface area contributed by atoms with Crippen LogP contribution in [-0.2, 0) is 15.8 Å². The van der Waals surface area contributed by atoms with E-state index in [2.05, 4.69) is 15.9 Å². The molecule has 30 heavy (non-hydrogen) atoms. The van der Waals surface area contributed by atoms with E-state index in [1.54, 1.807) is 24.3 Å². The fourth-order valence-corrected chi connectivity index (χ4v) is 4.50. The second kappa shape index (κ2) is 8.03. The molecule has 2 amide bonds. The maximum atomic E-state index is 13.0. The first-order valence-electron chi connectivity index (χ1n) is 9.63. The largest absolute Gasteiger partial charge is 0.416 e. The molecule has 0 radical (unpaired) electrons. The van der Waals surface area contributed by atoms with E-state index in [0.29, 0.717) is 37.6 Å². The second-order valence-corrected chi connectivity index (χ2v) is 8.41. The van der Waals surface area contributed by atoms with Gasteiger partial charge in [-0.15, -0.1) is 0 Å². The molecule has 4 rings (SSSR count). The van der Waals surface area contributed by atoms with E-state index < -0.39 is 17.8 Å². The van der Waals surface area contributed by atoms with Crippen LogP contribution in [-0.4, -0.2) is 44.0 Å². The molecule has 0 aromatic heterocycles. The van der Waals surface area contributed by atoms with Crippen molar-refractivity contribution in [2.75, 3.05) is 36.0 Å². The highest BCUT2D eigenvalue weighted by molar-refractivity contribution is 9.10. The molecule has 1 N–H and O–H groups in total. The Hall–Kier alpha value is -2.39. The van der Waals surface area contributed by atoms with Crippen LogP contribution in [0.3, 0.4) is 0 Å². The van der Waals surface area contributed by atoms with Crippen molar-refractivity contribution in [1.29, 1.82) is 0 Å². The first-order valence-corrected chi connectivity index (χ1v) is 10.4. The van der Waals surface area contributed by atoms with E-state index in [-0.39, 0.29) is 18.2 Å². The maximum absolute atomic E-state index is 13.0. The van der Waals surface area contributed by atoms with E-state index in [0.717, 1.165) is 21.5 Å². The summed E-state index contributed by atoms with van der Waals surface area (Å²) in [6.45, 7) is 2.19. The predicted molar refractivity (Wildman–Crippen MR) is 109 cm³/mol. The van der Waals surface area contributed by atoms with Gasteiger partial charge in [-0.05, 0) is 36.4 Å². The minimum atomic E-state index is -4.38. The van der Waals surface area contributed by atoms with Gasteiger partial charge < -0.3 is 9.80 Å². The number of carbonyl (C=O) groups excluding carboxylic acids is 2. The lowest BCUT2D eigenvalue weighted by Crippen LogP contribution is -3.19. The lowest BCUT2D eigenvalue weighted by atomic mass is 10.1. The lowest BCUT2D eigenvalue weighted by molar-refractivity contribution is -0.915. The number of halogens is 4. The summed E-state index contributed by atoms with van der Waals surface area (Å²) in [5, 5.41) is 0. The summed E-state index contributed by atoms with van der Waals surface area (Å²) in [7, 11) is 0. The Morgan fingerprint density at radius 3 is 2.30 bits per heavy atom. The van der Waals surface area contributed by atoms with Crippen molar-refractivity contribution in [3.8, 4) is 0 Å². The standard InChI is InChI=1S/C21H19BrF3N3O2/c22-15-4-2-6-17(12-15)28-19(29)13-18(20(28)30)27-9-7-26(8-10-27)16-5-1-3-14(11-16)21(23,24)25/h1-6,11-12,18H,7-10,13H2/p+1/t18-/m0/s1. The molecule has 2 saturated heterocycles. The van der Waals surface area contributed by atoms with Crippen molar-refractivity contribution in [2.24, 2.45) is 0 Å². The van der Waals surface area contributed by atoms with Crippen LogP contribution in [0.1, 0.15) is 12.0 Å². The van der Waals surface area contributed by atoms with Gasteiger partial charge in [0, 0.05) is 10.2 Å². The number of quaternary nitrogens is 1. The molecule has 2 aliphatic heterocycles. The van der Waals surface area contributed by atoms with Gasteiger partial charge in [-0.3, -0.25) is 9.59 Å². The molecule has 2 aromatic carbocycles. The molecule has 5 nitrogen and oxygen atoms in total. The van der Waals surface area contributed by atoms with Gasteiger partial charge in [0.05, 0.1) is 43.9 Å². The third-order valence-electron chi connectivity index (χ3n) is 5.65. The van der Waals surface area contributed by atoms with Crippen LogP contribution in [0.25, 0.3) is 0 Å². The fourth-order valence-electron chi connectivity index (χ4n) is 4.12. The third kappa shape index (κ3) is 4.09. The average molecular weight is 483 g/mol. The molecule has 0 saturated carbocycles. The number of anilines is 2. The molecule has 1 atom stereocenters.